The van der Waals surface area contributed by atoms with Crippen LogP contribution in [-0.4, -0.2) is 34.1 Å². The lowest BCUT2D eigenvalue weighted by Gasteiger charge is -2.32. The van der Waals surface area contributed by atoms with E-state index in [1.807, 2.05) is 90.0 Å². The Morgan fingerprint density at radius 2 is 1.70 bits per heavy atom. The van der Waals surface area contributed by atoms with Crippen LogP contribution in [0.5, 0.6) is 11.5 Å². The minimum atomic E-state index is -0.576. The molecule has 0 fully saturated rings. The van der Waals surface area contributed by atoms with Crippen molar-refractivity contribution in [2.45, 2.75) is 12.8 Å². The maximum absolute atomic E-state index is 13.9. The van der Waals surface area contributed by atoms with Gasteiger partial charge in [-0.3, -0.25) is 9.78 Å². The summed E-state index contributed by atoms with van der Waals surface area (Å²) in [6, 6.07) is 18.9. The summed E-state index contributed by atoms with van der Waals surface area (Å²) < 4.78 is 12.6. The highest BCUT2D eigenvalue weighted by Crippen LogP contribution is 2.40. The molecule has 9 heteroatoms. The maximum atomic E-state index is 13.9. The second-order valence-corrected chi connectivity index (χ2v) is 9.13. The number of anilines is 1. The molecule has 1 unspecified atom stereocenters. The summed E-state index contributed by atoms with van der Waals surface area (Å²) in [5, 5.41) is 18.0. The molecular weight excluding hydrogens is 528 g/mol. The van der Waals surface area contributed by atoms with E-state index < -0.39 is 6.17 Å². The Hall–Kier alpha value is -4.66. The van der Waals surface area contributed by atoms with Gasteiger partial charge in [0.15, 0.2) is 11.5 Å². The quantitative estimate of drug-likeness (QED) is 0.291. The molecule has 3 aromatic carbocycles. The highest BCUT2D eigenvalue weighted by molar-refractivity contribution is 5.98. The third-order valence-electron chi connectivity index (χ3n) is 6.90. The molecule has 5 aromatic rings. The van der Waals surface area contributed by atoms with E-state index in [2.05, 4.69) is 4.98 Å². The minimum Gasteiger partial charge on any atom is -0.493 e. The molecule has 0 saturated heterocycles. The lowest BCUT2D eigenvalue weighted by atomic mass is 10.0. The summed E-state index contributed by atoms with van der Waals surface area (Å²) in [6.07, 6.45) is 10.5. The van der Waals surface area contributed by atoms with Gasteiger partial charge in [-0.15, -0.1) is 12.4 Å². The molecule has 1 atom stereocenters. The first-order valence-corrected chi connectivity index (χ1v) is 12.5. The van der Waals surface area contributed by atoms with E-state index in [4.69, 9.17) is 14.6 Å². The van der Waals surface area contributed by atoms with Gasteiger partial charge in [0.1, 0.15) is 11.9 Å². The molecule has 40 heavy (non-hydrogen) atoms. The molecule has 0 amide bonds. The van der Waals surface area contributed by atoms with Gasteiger partial charge >= 0.3 is 0 Å². The van der Waals surface area contributed by atoms with E-state index in [9.17, 15) is 9.90 Å². The summed E-state index contributed by atoms with van der Waals surface area (Å²) in [5.41, 5.74) is 2.78. The molecule has 0 aliphatic carbocycles. The Labute approximate surface area is 236 Å². The van der Waals surface area contributed by atoms with Crippen molar-refractivity contribution in [1.29, 1.82) is 0 Å². The highest BCUT2D eigenvalue weighted by atomic mass is 35.5. The molecular formula is C31H27ClN4O4. The minimum absolute atomic E-state index is 0. The Balaban J connectivity index is 0.00000323. The Bertz CT molecular complexity index is 1820. The summed E-state index contributed by atoms with van der Waals surface area (Å²) in [6.45, 7) is -0.144. The van der Waals surface area contributed by atoms with Crippen LogP contribution in [0.3, 0.4) is 0 Å². The molecule has 0 bridgehead atoms. The number of methoxy groups -OCH3 is 2. The second kappa shape index (κ2) is 11.2. The molecule has 1 N–H and O–H groups in total. The van der Waals surface area contributed by atoms with Crippen molar-refractivity contribution in [2.24, 2.45) is 0 Å². The molecule has 1 aliphatic rings. The molecule has 202 valence electrons. The number of aliphatic hydroxyl groups is 1. The topological polar surface area (TPSA) is 89.7 Å². The van der Waals surface area contributed by atoms with E-state index >= 15 is 0 Å². The van der Waals surface area contributed by atoms with Crippen LogP contribution in [0.25, 0.3) is 32.8 Å². The zero-order chi connectivity index (χ0) is 26.9. The van der Waals surface area contributed by atoms with Crippen LogP contribution >= 0.6 is 12.4 Å². The Morgan fingerprint density at radius 3 is 2.42 bits per heavy atom. The first-order valence-electron chi connectivity index (χ1n) is 12.5. The molecule has 0 spiro atoms. The van der Waals surface area contributed by atoms with E-state index in [0.29, 0.717) is 22.6 Å². The van der Waals surface area contributed by atoms with E-state index in [-0.39, 0.29) is 24.6 Å². The van der Waals surface area contributed by atoms with Gasteiger partial charge in [0.05, 0.1) is 31.9 Å². The van der Waals surface area contributed by atoms with Crippen LogP contribution in [0.2, 0.25) is 0 Å². The Morgan fingerprint density at radius 1 is 0.925 bits per heavy atom. The third-order valence-corrected chi connectivity index (χ3v) is 6.90. The van der Waals surface area contributed by atoms with Crippen molar-refractivity contribution in [1.82, 2.24) is 14.8 Å². The summed E-state index contributed by atoms with van der Waals surface area (Å²) >= 11 is 0. The first-order chi connectivity index (χ1) is 19.1. The molecule has 3 heterocycles. The maximum Gasteiger partial charge on any atom is 0.276 e. The van der Waals surface area contributed by atoms with Crippen LogP contribution in [-0.2, 0) is 6.61 Å². The zero-order valence-electron chi connectivity index (χ0n) is 21.9. The van der Waals surface area contributed by atoms with E-state index in [0.717, 1.165) is 33.0 Å². The predicted molar refractivity (Wildman–Crippen MR) is 159 cm³/mol. The molecule has 1 aliphatic heterocycles. The average molecular weight is 555 g/mol. The van der Waals surface area contributed by atoms with Gasteiger partial charge in [-0.1, -0.05) is 24.3 Å². The fraction of sp³-hybridized carbons (Fsp3) is 0.129. The number of rotatable bonds is 6. The number of fused-ring (bicyclic) bond motifs is 2. The normalized spacial score (nSPS) is 14.4. The van der Waals surface area contributed by atoms with Gasteiger partial charge in [0, 0.05) is 34.9 Å². The van der Waals surface area contributed by atoms with Crippen LogP contribution in [0.15, 0.2) is 102 Å². The summed E-state index contributed by atoms with van der Waals surface area (Å²) in [7, 11) is 3.18. The second-order valence-electron chi connectivity index (χ2n) is 9.13. The largest absolute Gasteiger partial charge is 0.493 e. The lowest BCUT2D eigenvalue weighted by Crippen LogP contribution is -2.37. The smallest absolute Gasteiger partial charge is 0.276 e. The van der Waals surface area contributed by atoms with Crippen molar-refractivity contribution in [2.75, 3.05) is 19.1 Å². The number of hydrogen-bond donors (Lipinski definition) is 1. The predicted octanol–water partition coefficient (Wildman–Crippen LogP) is 5.63. The van der Waals surface area contributed by atoms with Crippen molar-refractivity contribution < 1.29 is 14.6 Å². The number of aromatic nitrogens is 3. The number of allylic oxidation sites excluding steroid dienone is 2. The monoisotopic (exact) mass is 554 g/mol. The zero-order valence-corrected chi connectivity index (χ0v) is 22.7. The fourth-order valence-corrected chi connectivity index (χ4v) is 5.05. The fourth-order valence-electron chi connectivity index (χ4n) is 5.05. The van der Waals surface area contributed by atoms with Gasteiger partial charge in [-0.2, -0.15) is 5.10 Å². The number of ether oxygens (including phenoxy) is 2. The summed E-state index contributed by atoms with van der Waals surface area (Å²) in [4.78, 5) is 20.1. The molecule has 2 aromatic heterocycles. The number of hydrogen-bond acceptors (Lipinski definition) is 7. The van der Waals surface area contributed by atoms with E-state index in [1.165, 1.54) is 4.68 Å². The lowest BCUT2D eigenvalue weighted by molar-refractivity contribution is 0.282. The summed E-state index contributed by atoms with van der Waals surface area (Å²) in [5.74, 6) is 1.17. The van der Waals surface area contributed by atoms with Crippen LogP contribution < -0.4 is 19.9 Å². The number of aliphatic hydroxyl groups excluding tert-OH is 1. The van der Waals surface area contributed by atoms with Gasteiger partial charge < -0.3 is 19.5 Å². The Kier molecular flexibility index (Phi) is 7.55. The van der Waals surface area contributed by atoms with Crippen LogP contribution in [0.4, 0.5) is 5.69 Å². The average Bonchev–Trinajstić information content (AvgIpc) is 3.00. The molecule has 8 nitrogen and oxygen atoms in total. The van der Waals surface area contributed by atoms with Crippen LogP contribution in [0, 0.1) is 0 Å². The molecule has 0 radical (unpaired) electrons. The highest BCUT2D eigenvalue weighted by Gasteiger charge is 2.25. The van der Waals surface area contributed by atoms with Gasteiger partial charge in [0.25, 0.3) is 5.56 Å². The molecule has 0 saturated carbocycles. The van der Waals surface area contributed by atoms with Crippen LogP contribution in [0.1, 0.15) is 11.7 Å². The number of nitrogens with zero attached hydrogens (tertiary/aromatic N) is 4. The SMILES string of the molecule is COc1cc2cc(CO)cc(N3C=CC=CC3n3nc(-c4cccnc4)c4ccccc4c3=O)c2cc1OC.Cl. The number of pyridine rings is 1. The number of benzene rings is 3. The standard InChI is InChI=1S/C31H26N4O4.ClH/c1-38-27-16-22-14-20(19-36)15-26(25(22)17-28(27)39-2)34-13-6-5-11-29(34)35-31(37)24-10-4-3-9-23(24)30(33-35)21-8-7-12-32-18-21;/h3-18,29,36H,19H2,1-2H3;1H. The third kappa shape index (κ3) is 4.57. The van der Waals surface area contributed by atoms with Gasteiger partial charge in [-0.05, 0) is 65.6 Å². The van der Waals surface area contributed by atoms with Gasteiger partial charge in [-0.25, -0.2) is 4.68 Å². The van der Waals surface area contributed by atoms with Crippen molar-refractivity contribution in [3.8, 4) is 22.8 Å². The van der Waals surface area contributed by atoms with Gasteiger partial charge in [0.2, 0.25) is 0 Å². The first kappa shape index (κ1) is 26.9. The van der Waals surface area contributed by atoms with Crippen molar-refractivity contribution >= 4 is 39.6 Å². The molecule has 6 rings (SSSR count). The van der Waals surface area contributed by atoms with E-state index in [1.54, 1.807) is 26.6 Å². The van der Waals surface area contributed by atoms with Crippen molar-refractivity contribution in [3.05, 3.63) is 113 Å². The van der Waals surface area contributed by atoms with Crippen molar-refractivity contribution in [3.63, 3.8) is 0 Å². The number of halogens is 1.